The summed E-state index contributed by atoms with van der Waals surface area (Å²) in [6.07, 6.45) is -2.12. The van der Waals surface area contributed by atoms with E-state index in [0.29, 0.717) is 4.43 Å². The zero-order valence-corrected chi connectivity index (χ0v) is 18.6. The van der Waals surface area contributed by atoms with E-state index in [1.807, 2.05) is 13.8 Å². The van der Waals surface area contributed by atoms with Crippen molar-refractivity contribution in [2.75, 3.05) is 4.43 Å². The van der Waals surface area contributed by atoms with E-state index in [1.54, 1.807) is 0 Å². The summed E-state index contributed by atoms with van der Waals surface area (Å²) in [6.45, 7) is 14.6. The van der Waals surface area contributed by atoms with Crippen molar-refractivity contribution in [3.63, 3.8) is 0 Å². The molecule has 6 nitrogen and oxygen atoms in total. The average Bonchev–Trinajstić information content (AvgIpc) is 2.96. The number of ether oxygens (including phenoxy) is 4. The van der Waals surface area contributed by atoms with E-state index in [-0.39, 0.29) is 23.4 Å². The first-order valence-electron chi connectivity index (χ1n) is 8.45. The van der Waals surface area contributed by atoms with Gasteiger partial charge < -0.3 is 28.5 Å². The van der Waals surface area contributed by atoms with Gasteiger partial charge >= 0.3 is 0 Å². The molecule has 140 valence electrons. The lowest BCUT2D eigenvalue weighted by Crippen LogP contribution is -2.55. The molecule has 3 aliphatic rings. The fraction of sp³-hybridized carbons (Fsp3) is 1.00. The first-order valence-corrected chi connectivity index (χ1v) is 12.9. The molecular weight excluding hydrogens is 443 g/mol. The maximum Gasteiger partial charge on any atom is 0.203 e. The Morgan fingerprint density at radius 2 is 1.71 bits per heavy atom. The molecule has 0 aromatic heterocycles. The smallest absolute Gasteiger partial charge is 0.203 e. The van der Waals surface area contributed by atoms with Crippen molar-refractivity contribution in [1.82, 2.24) is 0 Å². The van der Waals surface area contributed by atoms with Crippen molar-refractivity contribution in [3.05, 3.63) is 0 Å². The topological polar surface area (TPSA) is 66.4 Å². The lowest BCUT2D eigenvalue weighted by molar-refractivity contribution is -0.226. The van der Waals surface area contributed by atoms with Crippen molar-refractivity contribution in [2.45, 2.75) is 95.0 Å². The van der Waals surface area contributed by atoms with E-state index >= 15 is 0 Å². The molecule has 0 aromatic carbocycles. The first kappa shape index (κ1) is 19.5. The molecule has 0 radical (unpaired) electrons. The van der Waals surface area contributed by atoms with Gasteiger partial charge in [0, 0.05) is 0 Å². The van der Waals surface area contributed by atoms with Gasteiger partial charge in [0.2, 0.25) is 5.79 Å². The average molecular weight is 472 g/mol. The van der Waals surface area contributed by atoms with Crippen LogP contribution in [0.2, 0.25) is 18.1 Å². The minimum absolute atomic E-state index is 0.0285. The molecule has 0 unspecified atom stereocenters. The Morgan fingerprint density at radius 1 is 1.08 bits per heavy atom. The third-order valence-electron chi connectivity index (χ3n) is 5.53. The van der Waals surface area contributed by atoms with Crippen LogP contribution in [0.5, 0.6) is 0 Å². The van der Waals surface area contributed by atoms with Gasteiger partial charge in [-0.2, -0.15) is 0 Å². The third kappa shape index (κ3) is 3.10. The van der Waals surface area contributed by atoms with Crippen LogP contribution >= 0.6 is 22.6 Å². The molecule has 0 amide bonds. The first-order chi connectivity index (χ1) is 10.8. The second kappa shape index (κ2) is 5.85. The van der Waals surface area contributed by atoms with Gasteiger partial charge in [-0.05, 0) is 32.0 Å². The van der Waals surface area contributed by atoms with Crippen LogP contribution in [-0.4, -0.2) is 60.1 Å². The lowest BCUT2D eigenvalue weighted by Gasteiger charge is -2.42. The Morgan fingerprint density at radius 3 is 2.25 bits per heavy atom. The van der Waals surface area contributed by atoms with Crippen LogP contribution in [0, 0.1) is 0 Å². The minimum atomic E-state index is -2.10. The van der Waals surface area contributed by atoms with Gasteiger partial charge in [-0.1, -0.05) is 43.4 Å². The highest BCUT2D eigenvalue weighted by Gasteiger charge is 2.67. The van der Waals surface area contributed by atoms with Crippen LogP contribution in [0.4, 0.5) is 0 Å². The molecular formula is C16H29IO6Si. The van der Waals surface area contributed by atoms with E-state index in [1.165, 1.54) is 0 Å². The Kier molecular flexibility index (Phi) is 4.75. The SMILES string of the molecule is CC1(C)O[C@H]2O[C@H]3[C@H](O[C@](O)(CI)[C@H]3O[Si](C)(C)C(C)(C)C)[C@H]2O1. The predicted octanol–water partition coefficient (Wildman–Crippen LogP) is 2.78. The molecule has 24 heavy (non-hydrogen) atoms. The van der Waals surface area contributed by atoms with E-state index in [9.17, 15) is 5.11 Å². The van der Waals surface area contributed by atoms with Crippen LogP contribution in [-0.2, 0) is 23.4 Å². The summed E-state index contributed by atoms with van der Waals surface area (Å²) in [4.78, 5) is 0. The predicted molar refractivity (Wildman–Crippen MR) is 99.5 cm³/mol. The summed E-state index contributed by atoms with van der Waals surface area (Å²) in [5.41, 5.74) is 0. The standard InChI is InChI=1S/C16H29IO6Si/c1-14(2,3)24(6,7)23-12-10-9(21-16(12,18)8-17)11-13(19-10)22-15(4,5)20-11/h9-13,18H,8H2,1-7H3/t9-,10-,11+,12-,13+,16+/m0/s1. The summed E-state index contributed by atoms with van der Waals surface area (Å²) in [7, 11) is -2.10. The normalized spacial score (nSPS) is 44.6. The fourth-order valence-corrected chi connectivity index (χ4v) is 5.12. The molecule has 3 fully saturated rings. The highest BCUT2D eigenvalue weighted by Crippen LogP contribution is 2.49. The monoisotopic (exact) mass is 472 g/mol. The van der Waals surface area contributed by atoms with Crippen LogP contribution < -0.4 is 0 Å². The van der Waals surface area contributed by atoms with Crippen LogP contribution in [0.3, 0.4) is 0 Å². The lowest BCUT2D eigenvalue weighted by atomic mass is 10.1. The largest absolute Gasteiger partial charge is 0.406 e. The Hall–Kier alpha value is 0.707. The van der Waals surface area contributed by atoms with E-state index in [4.69, 9.17) is 23.4 Å². The molecule has 0 aromatic rings. The number of hydrogen-bond acceptors (Lipinski definition) is 6. The van der Waals surface area contributed by atoms with Gasteiger partial charge in [0.05, 0.1) is 4.43 Å². The van der Waals surface area contributed by atoms with Crippen molar-refractivity contribution in [3.8, 4) is 0 Å². The summed E-state index contributed by atoms with van der Waals surface area (Å²) in [5.74, 6) is -2.07. The molecule has 3 heterocycles. The van der Waals surface area contributed by atoms with Crippen molar-refractivity contribution in [2.24, 2.45) is 0 Å². The Bertz CT molecular complexity index is 507. The van der Waals surface area contributed by atoms with Crippen LogP contribution in [0.15, 0.2) is 0 Å². The quantitative estimate of drug-likeness (QED) is 0.387. The maximum absolute atomic E-state index is 11.0. The Labute approximate surface area is 158 Å². The van der Waals surface area contributed by atoms with E-state index in [2.05, 4.69) is 56.5 Å². The second-order valence-corrected chi connectivity index (χ2v) is 14.4. The fourth-order valence-electron chi connectivity index (χ4n) is 3.20. The molecule has 0 spiro atoms. The number of aliphatic hydroxyl groups is 1. The summed E-state index contributed by atoms with van der Waals surface area (Å²) in [5, 5.41) is 11.1. The van der Waals surface area contributed by atoms with Crippen molar-refractivity contribution in [1.29, 1.82) is 0 Å². The van der Waals surface area contributed by atoms with Crippen LogP contribution in [0.25, 0.3) is 0 Å². The molecule has 8 heteroatoms. The summed E-state index contributed by atoms with van der Waals surface area (Å²) >= 11 is 2.13. The molecule has 3 rings (SSSR count). The summed E-state index contributed by atoms with van der Waals surface area (Å²) < 4.78 is 30.8. The molecule has 1 N–H and O–H groups in total. The molecule has 0 aliphatic carbocycles. The van der Waals surface area contributed by atoms with E-state index in [0.717, 1.165) is 0 Å². The molecule has 3 saturated heterocycles. The van der Waals surface area contributed by atoms with Gasteiger partial charge in [0.1, 0.15) is 24.4 Å². The molecule has 6 atom stereocenters. The van der Waals surface area contributed by atoms with Gasteiger partial charge in [-0.15, -0.1) is 0 Å². The zero-order valence-electron chi connectivity index (χ0n) is 15.5. The minimum Gasteiger partial charge on any atom is -0.406 e. The van der Waals surface area contributed by atoms with Gasteiger partial charge in [0.15, 0.2) is 20.4 Å². The zero-order chi connectivity index (χ0) is 18.1. The molecule has 3 aliphatic heterocycles. The number of rotatable bonds is 3. The number of alkyl halides is 1. The number of fused-ring (bicyclic) bond motifs is 3. The molecule has 0 bridgehead atoms. The maximum atomic E-state index is 11.0. The van der Waals surface area contributed by atoms with E-state index < -0.39 is 32.3 Å². The summed E-state index contributed by atoms with van der Waals surface area (Å²) in [6, 6.07) is 0. The van der Waals surface area contributed by atoms with Gasteiger partial charge in [0.25, 0.3) is 0 Å². The second-order valence-electron chi connectivity index (χ2n) is 8.93. The Balaban J connectivity index is 1.84. The van der Waals surface area contributed by atoms with Gasteiger partial charge in [-0.3, -0.25) is 0 Å². The highest BCUT2D eigenvalue weighted by molar-refractivity contribution is 14.1. The number of hydrogen-bond donors (Lipinski definition) is 1. The van der Waals surface area contributed by atoms with Crippen molar-refractivity contribution >= 4 is 30.9 Å². The van der Waals surface area contributed by atoms with Crippen molar-refractivity contribution < 1.29 is 28.5 Å². The van der Waals surface area contributed by atoms with Crippen LogP contribution in [0.1, 0.15) is 34.6 Å². The highest BCUT2D eigenvalue weighted by atomic mass is 127. The third-order valence-corrected chi connectivity index (χ3v) is 11.1. The molecule has 0 saturated carbocycles. The number of halogens is 1. The van der Waals surface area contributed by atoms with Gasteiger partial charge in [-0.25, -0.2) is 0 Å².